The molecule has 3 N–H and O–H groups in total. The molecule has 0 bridgehead atoms. The molecule has 4 aromatic rings. The molecule has 7 rings (SSSR count). The van der Waals surface area contributed by atoms with Gasteiger partial charge in [-0.3, -0.25) is 14.5 Å². The van der Waals surface area contributed by atoms with Crippen molar-refractivity contribution < 1.29 is 19.5 Å². The Kier molecular flexibility index (Phi) is 13.0. The Balaban J connectivity index is 0.894. The van der Waals surface area contributed by atoms with E-state index in [2.05, 4.69) is 79.3 Å². The first-order valence-electron chi connectivity index (χ1n) is 20.7. The highest BCUT2D eigenvalue weighted by atomic mass is 16.3. The number of hydrogen-bond acceptors (Lipinski definition) is 9. The Labute approximate surface area is 336 Å². The lowest BCUT2D eigenvalue weighted by atomic mass is 9.72. The van der Waals surface area contributed by atoms with Gasteiger partial charge in [-0.2, -0.15) is 10.2 Å². The molecule has 0 saturated carbocycles. The largest absolute Gasteiger partial charge is 0.507 e. The van der Waals surface area contributed by atoms with Crippen molar-refractivity contribution in [3.8, 4) is 17.0 Å². The summed E-state index contributed by atoms with van der Waals surface area (Å²) in [5, 5.41) is 19.0. The van der Waals surface area contributed by atoms with Gasteiger partial charge in [0.2, 0.25) is 11.8 Å². The Hall–Kier alpha value is -5.13. The van der Waals surface area contributed by atoms with E-state index < -0.39 is 11.8 Å². The summed E-state index contributed by atoms with van der Waals surface area (Å²) in [6.07, 6.45) is 9.35. The van der Waals surface area contributed by atoms with E-state index in [0.717, 1.165) is 102 Å². The van der Waals surface area contributed by atoms with Crippen LogP contribution in [0.25, 0.3) is 11.3 Å². The number of para-hydroxylation sites is 1. The lowest BCUT2D eigenvalue weighted by molar-refractivity contribution is -0.134. The van der Waals surface area contributed by atoms with E-state index in [0.29, 0.717) is 42.6 Å². The van der Waals surface area contributed by atoms with E-state index in [-0.39, 0.29) is 17.1 Å². The van der Waals surface area contributed by atoms with Gasteiger partial charge in [0.1, 0.15) is 12.0 Å². The Bertz CT molecular complexity index is 1950. The number of hydrogen-bond donors (Lipinski definition) is 2. The zero-order valence-electron chi connectivity index (χ0n) is 33.2. The highest BCUT2D eigenvalue weighted by Crippen LogP contribution is 2.39. The van der Waals surface area contributed by atoms with E-state index in [1.165, 1.54) is 11.1 Å². The molecule has 57 heavy (non-hydrogen) atoms. The molecule has 0 unspecified atom stereocenters. The van der Waals surface area contributed by atoms with Crippen molar-refractivity contribution in [2.24, 2.45) is 5.73 Å². The van der Waals surface area contributed by atoms with Crippen molar-refractivity contribution >= 4 is 23.8 Å². The quantitative estimate of drug-likeness (QED) is 0.154. The number of benzene rings is 3. The fourth-order valence-electron chi connectivity index (χ4n) is 9.46. The Morgan fingerprint density at radius 3 is 2.26 bits per heavy atom. The molecule has 11 heteroatoms. The van der Waals surface area contributed by atoms with Crippen molar-refractivity contribution in [3.05, 3.63) is 108 Å². The number of piperidine rings is 3. The number of primary amides is 1. The summed E-state index contributed by atoms with van der Waals surface area (Å²) >= 11 is 0. The van der Waals surface area contributed by atoms with Crippen LogP contribution in [0.15, 0.2) is 91.1 Å². The van der Waals surface area contributed by atoms with Gasteiger partial charge in [0.05, 0.1) is 30.0 Å². The first-order chi connectivity index (χ1) is 27.7. The number of aromatic hydroxyl groups is 1. The summed E-state index contributed by atoms with van der Waals surface area (Å²) in [6.45, 7) is 6.57. The fraction of sp³-hybridized carbons (Fsp3) is 0.457. The van der Waals surface area contributed by atoms with Crippen LogP contribution in [0.3, 0.4) is 0 Å². The standard InChI is InChI=1S/C46H57N7O4/c1-50(33-46(37-8-3-2-4-9-37)21-27-52(28-22-46)39-30-42(49-48-31-39)41-10-5-6-12-43(41)55)38-19-25-53(26-20-38)44(56)32-51-23-17-35(18-24-51)34-13-15-36(16-14-34)40(45(47)57)11-7-29-54/h2-6,8-10,12-16,29-31,35,38,40,55H,7,11,17-28,32-33H2,1H3,(H2,47,57)/t40-/m0/s1. The molecule has 0 radical (unpaired) electrons. The highest BCUT2D eigenvalue weighted by molar-refractivity contribution is 5.82. The normalized spacial score (nSPS) is 18.7. The van der Waals surface area contributed by atoms with Gasteiger partial charge in [0, 0.05) is 56.2 Å². The number of likely N-dealkylation sites (N-methyl/N-ethyl adjacent to an activating group) is 1. The van der Waals surface area contributed by atoms with E-state index in [1.807, 2.05) is 42.6 Å². The number of carbonyl (C=O) groups is 3. The second-order valence-electron chi connectivity index (χ2n) is 16.4. The molecule has 3 saturated heterocycles. The SMILES string of the molecule is CN(CC1(c2ccccc2)CCN(c2cnnc(-c3ccccc3O)c2)CC1)C1CCN(C(=O)CN2CCC(c3ccc([C@H](CCC=O)C(N)=O)cc3)CC2)CC1. The molecule has 1 atom stereocenters. The van der Waals surface area contributed by atoms with Crippen LogP contribution >= 0.6 is 0 Å². The summed E-state index contributed by atoms with van der Waals surface area (Å²) < 4.78 is 0. The summed E-state index contributed by atoms with van der Waals surface area (Å²) in [7, 11) is 2.27. The summed E-state index contributed by atoms with van der Waals surface area (Å²) in [5.41, 5.74) is 11.5. The number of aromatic nitrogens is 2. The molecule has 0 aliphatic carbocycles. The minimum absolute atomic E-state index is 0.0115. The minimum Gasteiger partial charge on any atom is -0.507 e. The second kappa shape index (κ2) is 18.4. The second-order valence-corrected chi connectivity index (χ2v) is 16.4. The highest BCUT2D eigenvalue weighted by Gasteiger charge is 2.39. The van der Waals surface area contributed by atoms with Crippen molar-refractivity contribution in [1.29, 1.82) is 0 Å². The monoisotopic (exact) mass is 771 g/mol. The first-order valence-corrected chi connectivity index (χ1v) is 20.7. The van der Waals surface area contributed by atoms with Gasteiger partial charge in [0.15, 0.2) is 0 Å². The molecule has 3 aliphatic rings. The number of likely N-dealkylation sites (tertiary alicyclic amines) is 2. The maximum atomic E-state index is 13.5. The van der Waals surface area contributed by atoms with Gasteiger partial charge in [-0.25, -0.2) is 0 Å². The molecular weight excluding hydrogens is 715 g/mol. The minimum atomic E-state index is -0.443. The van der Waals surface area contributed by atoms with Crippen LogP contribution in [0.4, 0.5) is 5.69 Å². The number of nitrogens with two attached hydrogens (primary N) is 1. The Morgan fingerprint density at radius 1 is 0.912 bits per heavy atom. The predicted molar refractivity (Wildman–Crippen MR) is 223 cm³/mol. The van der Waals surface area contributed by atoms with Crippen molar-refractivity contribution in [3.63, 3.8) is 0 Å². The van der Waals surface area contributed by atoms with Gasteiger partial charge < -0.3 is 30.3 Å². The molecule has 0 spiro atoms. The number of anilines is 1. The van der Waals surface area contributed by atoms with Crippen LogP contribution in [0.2, 0.25) is 0 Å². The van der Waals surface area contributed by atoms with Gasteiger partial charge >= 0.3 is 0 Å². The van der Waals surface area contributed by atoms with Crippen LogP contribution in [-0.4, -0.2) is 114 Å². The van der Waals surface area contributed by atoms with Crippen molar-refractivity contribution in [2.75, 3.05) is 64.3 Å². The molecule has 2 amide bonds. The van der Waals surface area contributed by atoms with E-state index >= 15 is 0 Å². The molecule has 4 heterocycles. The summed E-state index contributed by atoms with van der Waals surface area (Å²) in [4.78, 5) is 45.7. The number of phenols is 1. The topological polar surface area (TPSA) is 136 Å². The van der Waals surface area contributed by atoms with E-state index in [4.69, 9.17) is 5.73 Å². The predicted octanol–water partition coefficient (Wildman–Crippen LogP) is 5.74. The third-order valence-corrected chi connectivity index (χ3v) is 13.0. The maximum absolute atomic E-state index is 13.5. The third-order valence-electron chi connectivity index (χ3n) is 13.0. The molecular formula is C46H57N7O4. The molecule has 3 fully saturated rings. The van der Waals surface area contributed by atoms with Crippen LogP contribution in [0.1, 0.15) is 79.9 Å². The van der Waals surface area contributed by atoms with Crippen molar-refractivity contribution in [1.82, 2.24) is 24.9 Å². The van der Waals surface area contributed by atoms with Gasteiger partial charge in [-0.1, -0.05) is 66.7 Å². The zero-order chi connectivity index (χ0) is 39.8. The lowest BCUT2D eigenvalue weighted by Crippen LogP contribution is -2.53. The molecule has 1 aromatic heterocycles. The maximum Gasteiger partial charge on any atom is 0.236 e. The van der Waals surface area contributed by atoms with Crippen LogP contribution in [0.5, 0.6) is 5.75 Å². The average molecular weight is 772 g/mol. The smallest absolute Gasteiger partial charge is 0.236 e. The van der Waals surface area contributed by atoms with Crippen molar-refractivity contribution in [2.45, 2.75) is 74.7 Å². The van der Waals surface area contributed by atoms with Gasteiger partial charge in [-0.15, -0.1) is 0 Å². The first kappa shape index (κ1) is 40.1. The van der Waals surface area contributed by atoms with Crippen LogP contribution in [-0.2, 0) is 19.8 Å². The van der Waals surface area contributed by atoms with E-state index in [9.17, 15) is 19.5 Å². The summed E-state index contributed by atoms with van der Waals surface area (Å²) in [5.74, 6) is 0.0104. The van der Waals surface area contributed by atoms with Gasteiger partial charge in [-0.05, 0) is 106 Å². The number of amides is 2. The zero-order valence-corrected chi connectivity index (χ0v) is 33.2. The number of phenolic OH excluding ortho intramolecular Hbond substituents is 1. The van der Waals surface area contributed by atoms with Gasteiger partial charge in [0.25, 0.3) is 0 Å². The molecule has 11 nitrogen and oxygen atoms in total. The fourth-order valence-corrected chi connectivity index (χ4v) is 9.46. The lowest BCUT2D eigenvalue weighted by Gasteiger charge is -2.47. The molecule has 3 aromatic carbocycles. The third kappa shape index (κ3) is 9.54. The molecule has 300 valence electrons. The number of nitrogens with zero attached hydrogens (tertiary/aromatic N) is 6. The molecule has 3 aliphatic heterocycles. The van der Waals surface area contributed by atoms with Crippen LogP contribution in [0, 0.1) is 0 Å². The number of aldehydes is 1. The Morgan fingerprint density at radius 2 is 1.60 bits per heavy atom. The number of carbonyl (C=O) groups excluding carboxylic acids is 3. The van der Waals surface area contributed by atoms with Crippen LogP contribution < -0.4 is 10.6 Å². The van der Waals surface area contributed by atoms with E-state index in [1.54, 1.807) is 6.07 Å². The average Bonchev–Trinajstić information content (AvgIpc) is 3.25. The summed E-state index contributed by atoms with van der Waals surface area (Å²) in [6, 6.07) is 28.8. The number of rotatable bonds is 14.